The van der Waals surface area contributed by atoms with Crippen molar-refractivity contribution in [1.29, 1.82) is 0 Å². The largest absolute Gasteiger partial charge is 0.505 e. The van der Waals surface area contributed by atoms with Crippen molar-refractivity contribution in [3.8, 4) is 0 Å². The fourth-order valence-electron chi connectivity index (χ4n) is 3.35. The highest BCUT2D eigenvalue weighted by atomic mass is 16.6. The Hall–Kier alpha value is -1.76. The second-order valence-electron chi connectivity index (χ2n) is 7.80. The molecule has 1 rings (SSSR count). The van der Waals surface area contributed by atoms with E-state index < -0.39 is 42.3 Å². The molecule has 1 aliphatic rings. The number of ether oxygens (including phenoxy) is 2. The summed E-state index contributed by atoms with van der Waals surface area (Å²) in [7, 11) is 0. The molecule has 7 heteroatoms. The van der Waals surface area contributed by atoms with E-state index in [0.717, 1.165) is 19.3 Å². The predicted molar refractivity (Wildman–Crippen MR) is 109 cm³/mol. The van der Waals surface area contributed by atoms with Gasteiger partial charge in [0.2, 0.25) is 5.76 Å². The Labute approximate surface area is 174 Å². The lowest BCUT2D eigenvalue weighted by Gasteiger charge is -2.17. The fraction of sp³-hybridized carbons (Fsp3) is 0.818. The summed E-state index contributed by atoms with van der Waals surface area (Å²) in [6, 6.07) is 0. The molecule has 168 valence electrons. The minimum atomic E-state index is -1.42. The second-order valence-corrected chi connectivity index (χ2v) is 7.80. The van der Waals surface area contributed by atoms with Crippen molar-refractivity contribution >= 4 is 11.9 Å². The van der Waals surface area contributed by atoms with Gasteiger partial charge in [0.1, 0.15) is 12.7 Å². The van der Waals surface area contributed by atoms with E-state index in [1.165, 1.54) is 64.2 Å². The number of hydrogen-bond acceptors (Lipinski definition) is 7. The van der Waals surface area contributed by atoms with Crippen LogP contribution >= 0.6 is 0 Å². The third-order valence-corrected chi connectivity index (χ3v) is 5.19. The van der Waals surface area contributed by atoms with E-state index in [9.17, 15) is 24.9 Å². The Morgan fingerprint density at radius 1 is 0.931 bits per heavy atom. The summed E-state index contributed by atoms with van der Waals surface area (Å²) in [6.45, 7) is 1.83. The Morgan fingerprint density at radius 2 is 1.41 bits per heavy atom. The zero-order valence-corrected chi connectivity index (χ0v) is 17.7. The monoisotopic (exact) mass is 414 g/mol. The lowest BCUT2D eigenvalue weighted by atomic mass is 10.0. The summed E-state index contributed by atoms with van der Waals surface area (Å²) in [5.74, 6) is -3.21. The third-order valence-electron chi connectivity index (χ3n) is 5.19. The van der Waals surface area contributed by atoms with Gasteiger partial charge >= 0.3 is 11.9 Å². The number of carbonyl (C=O) groups excluding carboxylic acids is 2. The quantitative estimate of drug-likeness (QED) is 0.235. The number of esters is 2. The second kappa shape index (κ2) is 15.1. The van der Waals surface area contributed by atoms with Gasteiger partial charge in [-0.2, -0.15) is 0 Å². The van der Waals surface area contributed by atoms with Gasteiger partial charge in [-0.1, -0.05) is 84.0 Å². The average molecular weight is 415 g/mol. The van der Waals surface area contributed by atoms with Gasteiger partial charge in [-0.3, -0.25) is 4.79 Å². The van der Waals surface area contributed by atoms with Crippen molar-refractivity contribution in [2.75, 3.05) is 6.61 Å². The number of aliphatic hydroxyl groups is 3. The Bertz CT molecular complexity index is 515. The number of cyclic esters (lactones) is 1. The third kappa shape index (κ3) is 10.5. The van der Waals surface area contributed by atoms with E-state index in [0.29, 0.717) is 0 Å². The molecule has 0 bridgehead atoms. The van der Waals surface area contributed by atoms with Crippen LogP contribution in [0.1, 0.15) is 96.8 Å². The molecule has 7 nitrogen and oxygen atoms in total. The number of hydrogen-bond donors (Lipinski definition) is 3. The van der Waals surface area contributed by atoms with Gasteiger partial charge in [-0.15, -0.1) is 0 Å². The lowest BCUT2D eigenvalue weighted by molar-refractivity contribution is -0.154. The van der Waals surface area contributed by atoms with Crippen LogP contribution in [0, 0.1) is 0 Å². The number of aliphatic hydroxyl groups excluding tert-OH is 3. The number of unbranched alkanes of at least 4 members (excludes halogenated alkanes) is 12. The maximum Gasteiger partial charge on any atom is 0.377 e. The van der Waals surface area contributed by atoms with Crippen LogP contribution in [0.2, 0.25) is 0 Å². The fourth-order valence-corrected chi connectivity index (χ4v) is 3.35. The molecule has 3 N–H and O–H groups in total. The number of rotatable bonds is 17. The zero-order chi connectivity index (χ0) is 21.5. The summed E-state index contributed by atoms with van der Waals surface area (Å²) in [6.07, 6.45) is 13.4. The molecule has 1 aliphatic heterocycles. The first-order chi connectivity index (χ1) is 14.0. The van der Waals surface area contributed by atoms with Crippen LogP contribution in [0.25, 0.3) is 0 Å². The molecule has 29 heavy (non-hydrogen) atoms. The van der Waals surface area contributed by atoms with Crippen molar-refractivity contribution in [2.45, 2.75) is 109 Å². The first-order valence-corrected chi connectivity index (χ1v) is 11.1. The topological polar surface area (TPSA) is 113 Å². The van der Waals surface area contributed by atoms with Gasteiger partial charge in [0, 0.05) is 6.42 Å². The van der Waals surface area contributed by atoms with Gasteiger partial charge in [0.15, 0.2) is 11.9 Å². The predicted octanol–water partition coefficient (Wildman–Crippen LogP) is 4.62. The minimum absolute atomic E-state index is 0.266. The van der Waals surface area contributed by atoms with Gasteiger partial charge in [-0.25, -0.2) is 4.79 Å². The SMILES string of the molecule is CCCCCCCCCCCCCCCC(=O)OC[C@@H](O)[C@H]1OC(=O)C(O)=C1O. The summed E-state index contributed by atoms with van der Waals surface area (Å²) < 4.78 is 9.55. The molecule has 0 saturated carbocycles. The van der Waals surface area contributed by atoms with Crippen LogP contribution < -0.4 is 0 Å². The van der Waals surface area contributed by atoms with Crippen LogP contribution in [0.15, 0.2) is 11.5 Å². The summed E-state index contributed by atoms with van der Waals surface area (Å²) >= 11 is 0. The van der Waals surface area contributed by atoms with Crippen LogP contribution in [0.3, 0.4) is 0 Å². The Morgan fingerprint density at radius 3 is 1.86 bits per heavy atom. The van der Waals surface area contributed by atoms with Crippen molar-refractivity contribution in [3.05, 3.63) is 11.5 Å². The molecular formula is C22H38O7. The molecule has 0 spiro atoms. The van der Waals surface area contributed by atoms with Crippen LogP contribution in [0.4, 0.5) is 0 Å². The smallest absolute Gasteiger partial charge is 0.377 e. The van der Waals surface area contributed by atoms with Crippen LogP contribution in [-0.2, 0) is 19.1 Å². The molecular weight excluding hydrogens is 376 g/mol. The zero-order valence-electron chi connectivity index (χ0n) is 17.7. The molecule has 0 fully saturated rings. The van der Waals surface area contributed by atoms with Crippen molar-refractivity contribution in [2.24, 2.45) is 0 Å². The van der Waals surface area contributed by atoms with E-state index in [2.05, 4.69) is 11.7 Å². The minimum Gasteiger partial charge on any atom is -0.505 e. The maximum absolute atomic E-state index is 11.7. The Kier molecular flexibility index (Phi) is 13.2. The van der Waals surface area contributed by atoms with Crippen molar-refractivity contribution in [3.63, 3.8) is 0 Å². The molecule has 1 heterocycles. The van der Waals surface area contributed by atoms with Gasteiger partial charge in [-0.05, 0) is 6.42 Å². The van der Waals surface area contributed by atoms with Gasteiger partial charge < -0.3 is 24.8 Å². The van der Waals surface area contributed by atoms with E-state index in [1.54, 1.807) is 0 Å². The summed E-state index contributed by atoms with van der Waals surface area (Å²) in [5.41, 5.74) is 0. The van der Waals surface area contributed by atoms with Crippen molar-refractivity contribution in [1.82, 2.24) is 0 Å². The highest BCUT2D eigenvalue weighted by Crippen LogP contribution is 2.21. The highest BCUT2D eigenvalue weighted by Gasteiger charge is 2.39. The standard InChI is InChI=1S/C22H38O7/c1-2-3-4-5-6-7-8-9-10-11-12-13-14-15-18(24)28-16-17(23)21-19(25)20(26)22(27)29-21/h17,21,23,25-26H,2-16H2,1H3/t17-,21-/m1/s1. The van der Waals surface area contributed by atoms with E-state index in [-0.39, 0.29) is 6.42 Å². The average Bonchev–Trinajstić information content (AvgIpc) is 2.97. The molecule has 0 saturated heterocycles. The highest BCUT2D eigenvalue weighted by molar-refractivity contribution is 5.89. The molecule has 0 unspecified atom stereocenters. The van der Waals surface area contributed by atoms with Crippen LogP contribution in [0.5, 0.6) is 0 Å². The lowest BCUT2D eigenvalue weighted by Crippen LogP contribution is -2.33. The molecule has 0 aromatic rings. The molecule has 0 aromatic heterocycles. The van der Waals surface area contributed by atoms with Gasteiger partial charge in [0.25, 0.3) is 0 Å². The normalized spacial score (nSPS) is 17.4. The van der Waals surface area contributed by atoms with Crippen LogP contribution in [-0.4, -0.2) is 46.1 Å². The van der Waals surface area contributed by atoms with E-state index >= 15 is 0 Å². The van der Waals surface area contributed by atoms with Gasteiger partial charge in [0.05, 0.1) is 0 Å². The first-order valence-electron chi connectivity index (χ1n) is 11.1. The summed E-state index contributed by atoms with van der Waals surface area (Å²) in [5, 5.41) is 28.5. The molecule has 0 amide bonds. The molecule has 0 aromatic carbocycles. The number of carbonyl (C=O) groups is 2. The summed E-state index contributed by atoms with van der Waals surface area (Å²) in [4.78, 5) is 22.8. The molecule has 0 radical (unpaired) electrons. The molecule has 2 atom stereocenters. The molecule has 0 aliphatic carbocycles. The van der Waals surface area contributed by atoms with Crippen molar-refractivity contribution < 1.29 is 34.4 Å². The van der Waals surface area contributed by atoms with E-state index in [1.807, 2.05) is 0 Å². The first kappa shape index (κ1) is 25.3. The Balaban J connectivity index is 1.93. The van der Waals surface area contributed by atoms with E-state index in [4.69, 9.17) is 4.74 Å². The maximum atomic E-state index is 11.7.